The van der Waals surface area contributed by atoms with Crippen LogP contribution in [0.5, 0.6) is 0 Å². The predicted octanol–water partition coefficient (Wildman–Crippen LogP) is -0.610. The van der Waals surface area contributed by atoms with E-state index in [9.17, 15) is 8.42 Å². The molecular formula is C7H13ClN2O3S. The van der Waals surface area contributed by atoms with Crippen LogP contribution in [-0.4, -0.2) is 13.9 Å². The Labute approximate surface area is 88.9 Å². The van der Waals surface area contributed by atoms with Crippen molar-refractivity contribution in [2.45, 2.75) is 11.4 Å². The number of hydrogen-bond donors (Lipinski definition) is 2. The molecule has 0 radical (unpaired) electrons. The molecule has 6 N–H and O–H groups in total. The van der Waals surface area contributed by atoms with Gasteiger partial charge in [-0.15, -0.1) is 12.4 Å². The van der Waals surface area contributed by atoms with E-state index >= 15 is 0 Å². The van der Waals surface area contributed by atoms with Gasteiger partial charge in [-0.25, -0.2) is 13.6 Å². The molecule has 0 atom stereocenters. The van der Waals surface area contributed by atoms with Crippen LogP contribution in [0.15, 0.2) is 29.2 Å². The zero-order valence-electron chi connectivity index (χ0n) is 7.30. The molecule has 0 aliphatic heterocycles. The Morgan fingerprint density at radius 1 is 1.21 bits per heavy atom. The number of halogens is 1. The molecule has 0 aliphatic carbocycles. The molecule has 0 amide bonds. The van der Waals surface area contributed by atoms with Crippen molar-refractivity contribution in [3.05, 3.63) is 29.8 Å². The molecule has 0 aromatic heterocycles. The summed E-state index contributed by atoms with van der Waals surface area (Å²) in [6.07, 6.45) is 0. The third-order valence-electron chi connectivity index (χ3n) is 1.50. The van der Waals surface area contributed by atoms with Crippen molar-refractivity contribution in [1.29, 1.82) is 0 Å². The van der Waals surface area contributed by atoms with Crippen molar-refractivity contribution in [3.8, 4) is 0 Å². The van der Waals surface area contributed by atoms with Gasteiger partial charge in [0.05, 0.1) is 4.90 Å². The molecule has 0 unspecified atom stereocenters. The van der Waals surface area contributed by atoms with E-state index in [4.69, 9.17) is 10.9 Å². The van der Waals surface area contributed by atoms with Gasteiger partial charge >= 0.3 is 0 Å². The van der Waals surface area contributed by atoms with Crippen LogP contribution in [0.2, 0.25) is 0 Å². The fraction of sp³-hybridized carbons (Fsp3) is 0.143. The van der Waals surface area contributed by atoms with E-state index in [2.05, 4.69) is 0 Å². The summed E-state index contributed by atoms with van der Waals surface area (Å²) in [6.45, 7) is 0.173. The molecule has 14 heavy (non-hydrogen) atoms. The maximum absolute atomic E-state index is 10.9. The number of benzene rings is 1. The highest BCUT2D eigenvalue weighted by atomic mass is 35.5. The van der Waals surface area contributed by atoms with Crippen molar-refractivity contribution < 1.29 is 13.9 Å². The van der Waals surface area contributed by atoms with E-state index in [1.165, 1.54) is 6.07 Å². The molecule has 1 aromatic rings. The minimum absolute atomic E-state index is 0. The molecule has 0 aliphatic rings. The first-order chi connectivity index (χ1) is 5.55. The van der Waals surface area contributed by atoms with Gasteiger partial charge in [0.25, 0.3) is 0 Å². The van der Waals surface area contributed by atoms with Crippen molar-refractivity contribution in [1.82, 2.24) is 0 Å². The Bertz CT molecular complexity index is 380. The lowest BCUT2D eigenvalue weighted by Gasteiger charge is -2.03. The largest absolute Gasteiger partial charge is 0.412 e. The number of primary sulfonamides is 1. The Morgan fingerprint density at radius 2 is 1.71 bits per heavy atom. The van der Waals surface area contributed by atoms with Crippen LogP contribution in [0.4, 0.5) is 0 Å². The number of hydrogen-bond acceptors (Lipinski definition) is 3. The van der Waals surface area contributed by atoms with Gasteiger partial charge in [0.2, 0.25) is 10.0 Å². The summed E-state index contributed by atoms with van der Waals surface area (Å²) in [6, 6.07) is 6.41. The average molecular weight is 241 g/mol. The highest BCUT2D eigenvalue weighted by molar-refractivity contribution is 7.89. The lowest BCUT2D eigenvalue weighted by molar-refractivity contribution is 0.596. The summed E-state index contributed by atoms with van der Waals surface area (Å²) in [7, 11) is -3.63. The second-order valence-electron chi connectivity index (χ2n) is 2.36. The van der Waals surface area contributed by atoms with Crippen molar-refractivity contribution in [2.75, 3.05) is 0 Å². The number of nitrogens with two attached hydrogens (primary N) is 2. The molecule has 0 fully saturated rings. The summed E-state index contributed by atoms with van der Waals surface area (Å²) in [4.78, 5) is 0.104. The van der Waals surface area contributed by atoms with E-state index in [1.807, 2.05) is 0 Å². The summed E-state index contributed by atoms with van der Waals surface area (Å²) in [5.41, 5.74) is 5.87. The van der Waals surface area contributed by atoms with Crippen LogP contribution in [0, 0.1) is 0 Å². The average Bonchev–Trinajstić information content (AvgIpc) is 2.03. The molecule has 0 spiro atoms. The lowest BCUT2D eigenvalue weighted by Crippen LogP contribution is -2.15. The maximum atomic E-state index is 10.9. The third kappa shape index (κ3) is 3.60. The van der Waals surface area contributed by atoms with E-state index in [0.717, 1.165) is 0 Å². The van der Waals surface area contributed by atoms with Crippen LogP contribution >= 0.6 is 12.4 Å². The normalized spacial score (nSPS) is 9.86. The number of sulfonamides is 1. The molecule has 7 heteroatoms. The van der Waals surface area contributed by atoms with E-state index < -0.39 is 10.0 Å². The van der Waals surface area contributed by atoms with Gasteiger partial charge in [0.15, 0.2) is 0 Å². The van der Waals surface area contributed by atoms with Gasteiger partial charge in [-0.1, -0.05) is 18.2 Å². The Hall–Kier alpha value is -0.660. The van der Waals surface area contributed by atoms with Crippen molar-refractivity contribution >= 4 is 22.4 Å². The van der Waals surface area contributed by atoms with Gasteiger partial charge in [-0.2, -0.15) is 0 Å². The molecule has 0 saturated carbocycles. The molecule has 1 aromatic carbocycles. The van der Waals surface area contributed by atoms with Crippen LogP contribution in [0.3, 0.4) is 0 Å². The molecule has 1 rings (SSSR count). The van der Waals surface area contributed by atoms with E-state index in [1.54, 1.807) is 18.2 Å². The summed E-state index contributed by atoms with van der Waals surface area (Å²) in [5, 5.41) is 4.95. The van der Waals surface area contributed by atoms with Gasteiger partial charge in [0.1, 0.15) is 0 Å². The Balaban J connectivity index is 0. The molecule has 0 saturated heterocycles. The van der Waals surface area contributed by atoms with Crippen LogP contribution in [0.1, 0.15) is 5.56 Å². The summed E-state index contributed by atoms with van der Waals surface area (Å²) in [5.74, 6) is 0. The van der Waals surface area contributed by atoms with Gasteiger partial charge in [-0.05, 0) is 11.6 Å². The first-order valence-electron chi connectivity index (χ1n) is 3.36. The van der Waals surface area contributed by atoms with Gasteiger partial charge < -0.3 is 11.2 Å². The zero-order chi connectivity index (χ0) is 9.19. The second-order valence-corrected chi connectivity index (χ2v) is 3.89. The molecule has 82 valence electrons. The Morgan fingerprint density at radius 3 is 2.07 bits per heavy atom. The van der Waals surface area contributed by atoms with Crippen molar-refractivity contribution in [2.24, 2.45) is 10.9 Å². The highest BCUT2D eigenvalue weighted by Crippen LogP contribution is 2.12. The summed E-state index contributed by atoms with van der Waals surface area (Å²) >= 11 is 0. The van der Waals surface area contributed by atoms with Crippen LogP contribution < -0.4 is 10.9 Å². The molecule has 0 bridgehead atoms. The fourth-order valence-corrected chi connectivity index (χ4v) is 1.74. The fourth-order valence-electron chi connectivity index (χ4n) is 0.950. The maximum Gasteiger partial charge on any atom is 0.238 e. The van der Waals surface area contributed by atoms with Crippen LogP contribution in [0.25, 0.3) is 0 Å². The molecule has 0 heterocycles. The minimum Gasteiger partial charge on any atom is -0.412 e. The SMILES string of the molecule is Cl.NCc1ccccc1S(N)(=O)=O.O. The van der Waals surface area contributed by atoms with E-state index in [-0.39, 0.29) is 29.3 Å². The van der Waals surface area contributed by atoms with Gasteiger partial charge in [-0.3, -0.25) is 0 Å². The Kier molecular flexibility index (Phi) is 6.71. The first kappa shape index (κ1) is 15.8. The zero-order valence-corrected chi connectivity index (χ0v) is 8.94. The van der Waals surface area contributed by atoms with Gasteiger partial charge in [0, 0.05) is 6.54 Å². The van der Waals surface area contributed by atoms with E-state index in [0.29, 0.717) is 5.56 Å². The predicted molar refractivity (Wildman–Crippen MR) is 56.6 cm³/mol. The smallest absolute Gasteiger partial charge is 0.238 e. The minimum atomic E-state index is -3.63. The quantitative estimate of drug-likeness (QED) is 0.718. The standard InChI is InChI=1S/C7H10N2O2S.ClH.H2O/c8-5-6-3-1-2-4-7(6)12(9,10)11;;/h1-4H,5,8H2,(H2,9,10,11);1H;1H2. The highest BCUT2D eigenvalue weighted by Gasteiger charge is 2.10. The summed E-state index contributed by atoms with van der Waals surface area (Å²) < 4.78 is 21.9. The second kappa shape index (κ2) is 5.94. The first-order valence-corrected chi connectivity index (χ1v) is 4.91. The van der Waals surface area contributed by atoms with Crippen LogP contribution in [-0.2, 0) is 16.6 Å². The lowest BCUT2D eigenvalue weighted by atomic mass is 10.2. The molecular weight excluding hydrogens is 228 g/mol. The molecule has 5 nitrogen and oxygen atoms in total. The topological polar surface area (TPSA) is 118 Å². The monoisotopic (exact) mass is 240 g/mol. The van der Waals surface area contributed by atoms with Crippen molar-refractivity contribution in [3.63, 3.8) is 0 Å². The number of rotatable bonds is 2. The third-order valence-corrected chi connectivity index (χ3v) is 2.51.